The molecule has 4 heteroatoms. The molecule has 0 saturated carbocycles. The Labute approximate surface area is 136 Å². The fourth-order valence-electron chi connectivity index (χ4n) is 2.52. The van der Waals surface area contributed by atoms with Crippen molar-refractivity contribution in [1.82, 2.24) is 5.32 Å². The Morgan fingerprint density at radius 1 is 1.09 bits per heavy atom. The first-order chi connectivity index (χ1) is 11.0. The molecule has 0 aliphatic rings. The summed E-state index contributed by atoms with van der Waals surface area (Å²) in [6, 6.07) is 14.6. The number of aryl methyl sites for hydroxylation is 1. The van der Waals surface area contributed by atoms with Crippen LogP contribution in [-0.2, 0) is 11.2 Å². The van der Waals surface area contributed by atoms with E-state index in [2.05, 4.69) is 5.32 Å². The van der Waals surface area contributed by atoms with Crippen LogP contribution in [-0.4, -0.2) is 17.0 Å². The van der Waals surface area contributed by atoms with Crippen molar-refractivity contribution in [3.05, 3.63) is 70.8 Å². The molecule has 0 radical (unpaired) electrons. The highest BCUT2D eigenvalue weighted by molar-refractivity contribution is 5.91. The van der Waals surface area contributed by atoms with E-state index in [-0.39, 0.29) is 23.9 Å². The minimum atomic E-state index is -1.01. The maximum absolute atomic E-state index is 12.3. The zero-order chi connectivity index (χ0) is 16.8. The first kappa shape index (κ1) is 16.7. The Morgan fingerprint density at radius 3 is 2.35 bits per heavy atom. The summed E-state index contributed by atoms with van der Waals surface area (Å²) in [6.07, 6.45) is 0.834. The quantitative estimate of drug-likeness (QED) is 0.858. The number of aromatic carboxylic acids is 1. The summed E-state index contributed by atoms with van der Waals surface area (Å²) in [7, 11) is 0. The number of rotatable bonds is 6. The molecule has 2 aromatic carbocycles. The molecule has 0 spiro atoms. The molecule has 1 atom stereocenters. The highest BCUT2D eigenvalue weighted by Crippen LogP contribution is 2.18. The first-order valence-electron chi connectivity index (χ1n) is 7.68. The molecule has 0 bridgehead atoms. The average molecular weight is 311 g/mol. The normalized spacial score (nSPS) is 11.7. The molecular weight excluding hydrogens is 290 g/mol. The van der Waals surface area contributed by atoms with Crippen molar-refractivity contribution < 1.29 is 14.7 Å². The summed E-state index contributed by atoms with van der Waals surface area (Å²) in [6.45, 7) is 4.03. The van der Waals surface area contributed by atoms with Crippen molar-refractivity contribution in [2.24, 2.45) is 0 Å². The largest absolute Gasteiger partial charge is 0.478 e. The number of nitrogens with one attached hydrogen (secondary N) is 1. The van der Waals surface area contributed by atoms with E-state index in [4.69, 9.17) is 0 Å². The molecular formula is C19H21NO3. The number of hydrogen-bond donors (Lipinski definition) is 2. The van der Waals surface area contributed by atoms with Gasteiger partial charge in [-0.2, -0.15) is 0 Å². The van der Waals surface area contributed by atoms with E-state index in [9.17, 15) is 14.7 Å². The summed E-state index contributed by atoms with van der Waals surface area (Å²) in [5.41, 5.74) is 2.92. The van der Waals surface area contributed by atoms with Crippen LogP contribution in [0.2, 0.25) is 0 Å². The molecule has 0 fully saturated rings. The molecule has 4 nitrogen and oxygen atoms in total. The third kappa shape index (κ3) is 4.42. The fraction of sp³-hybridized carbons (Fsp3) is 0.263. The molecule has 0 saturated heterocycles. The Kier molecular flexibility index (Phi) is 5.52. The van der Waals surface area contributed by atoms with Crippen LogP contribution < -0.4 is 5.32 Å². The second-order valence-electron chi connectivity index (χ2n) is 5.58. The number of carbonyl (C=O) groups is 2. The smallest absolute Gasteiger partial charge is 0.335 e. The standard InChI is InChI=1S/C19H21NO3/c1-3-17(14-10-8-13(2)9-11-14)20-18(21)12-15-6-4-5-7-16(15)19(22)23/h4-11,17H,3,12H2,1-2H3,(H,20,21)(H,22,23). The van der Waals surface area contributed by atoms with Crippen LogP contribution in [0.5, 0.6) is 0 Å². The number of amides is 1. The zero-order valence-corrected chi connectivity index (χ0v) is 13.4. The van der Waals surface area contributed by atoms with Crippen molar-refractivity contribution in [3.8, 4) is 0 Å². The lowest BCUT2D eigenvalue weighted by Crippen LogP contribution is -2.30. The fourth-order valence-corrected chi connectivity index (χ4v) is 2.52. The van der Waals surface area contributed by atoms with E-state index in [0.717, 1.165) is 12.0 Å². The minimum Gasteiger partial charge on any atom is -0.478 e. The van der Waals surface area contributed by atoms with Crippen LogP contribution in [0, 0.1) is 6.92 Å². The molecule has 120 valence electrons. The van der Waals surface area contributed by atoms with Gasteiger partial charge in [0.1, 0.15) is 0 Å². The Balaban J connectivity index is 2.09. The molecule has 1 unspecified atom stereocenters. The highest BCUT2D eigenvalue weighted by Gasteiger charge is 2.16. The number of carboxylic acid groups (broad SMARTS) is 1. The maximum atomic E-state index is 12.3. The molecule has 2 rings (SSSR count). The number of benzene rings is 2. The Hall–Kier alpha value is -2.62. The SMILES string of the molecule is CCC(NC(=O)Cc1ccccc1C(=O)O)c1ccc(C)cc1. The van der Waals surface area contributed by atoms with Crippen LogP contribution in [0.25, 0.3) is 0 Å². The van der Waals surface area contributed by atoms with E-state index < -0.39 is 5.97 Å². The maximum Gasteiger partial charge on any atom is 0.335 e. The van der Waals surface area contributed by atoms with Crippen LogP contribution in [0.1, 0.15) is 46.4 Å². The summed E-state index contributed by atoms with van der Waals surface area (Å²) in [5, 5.41) is 12.2. The van der Waals surface area contributed by atoms with Gasteiger partial charge in [-0.3, -0.25) is 4.79 Å². The predicted molar refractivity (Wildman–Crippen MR) is 89.5 cm³/mol. The van der Waals surface area contributed by atoms with E-state index in [1.165, 1.54) is 11.6 Å². The summed E-state index contributed by atoms with van der Waals surface area (Å²) >= 11 is 0. The van der Waals surface area contributed by atoms with Gasteiger partial charge in [0.15, 0.2) is 0 Å². The molecule has 23 heavy (non-hydrogen) atoms. The van der Waals surface area contributed by atoms with Gasteiger partial charge in [-0.1, -0.05) is 55.0 Å². The van der Waals surface area contributed by atoms with Gasteiger partial charge in [0.25, 0.3) is 0 Å². The molecule has 0 aliphatic heterocycles. The Bertz CT molecular complexity index is 692. The van der Waals surface area contributed by atoms with Gasteiger partial charge in [-0.25, -0.2) is 4.79 Å². The van der Waals surface area contributed by atoms with Gasteiger partial charge in [0.2, 0.25) is 5.91 Å². The molecule has 0 aliphatic carbocycles. The van der Waals surface area contributed by atoms with Crippen molar-refractivity contribution >= 4 is 11.9 Å². The monoisotopic (exact) mass is 311 g/mol. The van der Waals surface area contributed by atoms with Gasteiger partial charge < -0.3 is 10.4 Å². The van der Waals surface area contributed by atoms with Crippen LogP contribution >= 0.6 is 0 Å². The minimum absolute atomic E-state index is 0.0604. The van der Waals surface area contributed by atoms with E-state index >= 15 is 0 Å². The Morgan fingerprint density at radius 2 is 1.74 bits per heavy atom. The number of hydrogen-bond acceptors (Lipinski definition) is 2. The summed E-state index contributed by atoms with van der Waals surface area (Å²) in [5.74, 6) is -1.19. The first-order valence-corrected chi connectivity index (χ1v) is 7.68. The van der Waals surface area contributed by atoms with Gasteiger partial charge in [0.05, 0.1) is 18.0 Å². The van der Waals surface area contributed by atoms with Crippen molar-refractivity contribution in [3.63, 3.8) is 0 Å². The van der Waals surface area contributed by atoms with Gasteiger partial charge in [-0.05, 0) is 30.5 Å². The van der Waals surface area contributed by atoms with E-state index in [0.29, 0.717) is 5.56 Å². The molecule has 2 aromatic rings. The lowest BCUT2D eigenvalue weighted by molar-refractivity contribution is -0.121. The number of carbonyl (C=O) groups excluding carboxylic acids is 1. The van der Waals surface area contributed by atoms with Gasteiger partial charge in [-0.15, -0.1) is 0 Å². The van der Waals surface area contributed by atoms with Crippen molar-refractivity contribution in [2.45, 2.75) is 32.7 Å². The van der Waals surface area contributed by atoms with E-state index in [1.54, 1.807) is 18.2 Å². The third-order valence-electron chi connectivity index (χ3n) is 3.82. The van der Waals surface area contributed by atoms with Crippen LogP contribution in [0.4, 0.5) is 0 Å². The second-order valence-corrected chi connectivity index (χ2v) is 5.58. The molecule has 1 amide bonds. The third-order valence-corrected chi connectivity index (χ3v) is 3.82. The second kappa shape index (κ2) is 7.58. The van der Waals surface area contributed by atoms with Crippen LogP contribution in [0.15, 0.2) is 48.5 Å². The average Bonchev–Trinajstić information content (AvgIpc) is 2.54. The van der Waals surface area contributed by atoms with Crippen molar-refractivity contribution in [2.75, 3.05) is 0 Å². The van der Waals surface area contributed by atoms with E-state index in [1.807, 2.05) is 38.1 Å². The van der Waals surface area contributed by atoms with Crippen LogP contribution in [0.3, 0.4) is 0 Å². The number of carboxylic acids is 1. The summed E-state index contributed by atoms with van der Waals surface area (Å²) in [4.78, 5) is 23.5. The molecule has 2 N–H and O–H groups in total. The van der Waals surface area contributed by atoms with Crippen molar-refractivity contribution in [1.29, 1.82) is 0 Å². The lowest BCUT2D eigenvalue weighted by atomic mass is 10.0. The molecule has 0 heterocycles. The lowest BCUT2D eigenvalue weighted by Gasteiger charge is -2.18. The predicted octanol–water partition coefficient (Wildman–Crippen LogP) is 3.50. The zero-order valence-electron chi connectivity index (χ0n) is 13.4. The summed E-state index contributed by atoms with van der Waals surface area (Å²) < 4.78 is 0. The highest BCUT2D eigenvalue weighted by atomic mass is 16.4. The van der Waals surface area contributed by atoms with Gasteiger partial charge >= 0.3 is 5.97 Å². The topological polar surface area (TPSA) is 66.4 Å². The molecule has 0 aromatic heterocycles. The van der Waals surface area contributed by atoms with Gasteiger partial charge in [0, 0.05) is 0 Å².